The lowest BCUT2D eigenvalue weighted by Gasteiger charge is -2.63. The Bertz CT molecular complexity index is 1900. The number of fused-ring (bicyclic) bond motifs is 7. The highest BCUT2D eigenvalue weighted by Crippen LogP contribution is 2.72. The number of aliphatic hydroxyl groups is 1. The minimum absolute atomic E-state index is 0.00150. The number of carbonyl (C=O) groups excluding carboxylic acids is 6. The number of Topliss-reactive ketones (excluding diaryl/α,β-unsaturated/α-hetero) is 1. The van der Waals surface area contributed by atoms with Gasteiger partial charge in [-0.25, -0.2) is 8.78 Å². The predicted octanol–water partition coefficient (Wildman–Crippen LogP) is 2.72. The molecule has 14 atom stereocenters. The fourth-order valence-corrected chi connectivity index (χ4v) is 10.8. The highest BCUT2D eigenvalue weighted by molar-refractivity contribution is 6.01. The van der Waals surface area contributed by atoms with Crippen molar-refractivity contribution in [3.63, 3.8) is 0 Å². The number of allylic oxidation sites excluding steroid dienone is 4. The number of aliphatic hydroxyl groups excluding tert-OH is 1. The van der Waals surface area contributed by atoms with Gasteiger partial charge in [-0.2, -0.15) is 0 Å². The van der Waals surface area contributed by atoms with E-state index in [4.69, 9.17) is 18.9 Å². The van der Waals surface area contributed by atoms with E-state index in [1.807, 2.05) is 6.92 Å². The second-order valence-corrected chi connectivity index (χ2v) is 18.2. The maximum atomic E-state index is 17.8. The minimum atomic E-state index is -2.35. The third-order valence-corrected chi connectivity index (χ3v) is 14.2. The summed E-state index contributed by atoms with van der Waals surface area (Å²) in [5.74, 6) is 0.930. The molecule has 0 aromatic rings. The Morgan fingerprint density at radius 1 is 0.968 bits per heavy atom. The zero-order chi connectivity index (χ0) is 45.2. The molecule has 6 rings (SSSR count). The van der Waals surface area contributed by atoms with Gasteiger partial charge in [-0.1, -0.05) is 38.7 Å². The number of halogens is 2. The Morgan fingerprint density at radius 3 is 2.37 bits per heavy atom. The van der Waals surface area contributed by atoms with Crippen molar-refractivity contribution in [1.29, 1.82) is 0 Å². The average Bonchev–Trinajstić information content (AvgIpc) is 3.69. The summed E-state index contributed by atoms with van der Waals surface area (Å²) in [6.45, 7) is 8.25. The van der Waals surface area contributed by atoms with Crippen LogP contribution in [-0.4, -0.2) is 120 Å². The molecule has 0 aromatic carbocycles. The van der Waals surface area contributed by atoms with Gasteiger partial charge < -0.3 is 45.3 Å². The standard InChI is InChI=1S/C45H62F2N4O11/c1-7-13-38-61-36-20-30-31-19-33(46)32-18-28(52)16-17-42(32,5)44(31,47)34(53)21-43(30,6)45(36,62-38)35(54)22-59-24-48-39(56)25(2)50-41(58)27(4)51-40(57)26(3)49-37(55)23-60-29-14-11-9-8-10-12-15-29/h16-18,25-27,29-31,33-34,36,38,53H,7-11,13-14,19-24H2,1-6H3,(H,48,56)(H,49,55)(H,50,58)(H,51,57)/t25-,26-,27+,29?,30-,31-,33-,34-,36+,38?,42-,43-,44-,45+/m0/s1. The molecule has 0 bridgehead atoms. The molecule has 4 fully saturated rings. The van der Waals surface area contributed by atoms with E-state index in [2.05, 4.69) is 33.1 Å². The molecule has 17 heteroatoms. The summed E-state index contributed by atoms with van der Waals surface area (Å²) in [5, 5.41) is 21.9. The molecular formula is C45H62F2N4O11. The first-order chi connectivity index (χ1) is 29.3. The molecule has 2 unspecified atom stereocenters. The van der Waals surface area contributed by atoms with Gasteiger partial charge in [0.2, 0.25) is 23.6 Å². The van der Waals surface area contributed by atoms with Crippen molar-refractivity contribution in [2.75, 3.05) is 19.9 Å². The lowest BCUT2D eigenvalue weighted by molar-refractivity contribution is -0.235. The van der Waals surface area contributed by atoms with Crippen LogP contribution in [0.2, 0.25) is 0 Å². The van der Waals surface area contributed by atoms with Gasteiger partial charge in [0.25, 0.3) is 0 Å². The van der Waals surface area contributed by atoms with Crippen molar-refractivity contribution in [3.8, 4) is 11.8 Å². The van der Waals surface area contributed by atoms with Crippen molar-refractivity contribution >= 4 is 35.2 Å². The van der Waals surface area contributed by atoms with E-state index in [9.17, 15) is 33.9 Å². The molecule has 0 aromatic heterocycles. The van der Waals surface area contributed by atoms with Gasteiger partial charge in [0, 0.05) is 23.2 Å². The summed E-state index contributed by atoms with van der Waals surface area (Å²) in [4.78, 5) is 77.7. The Kier molecular flexibility index (Phi) is 14.5. The molecule has 1 aliphatic heterocycles. The van der Waals surface area contributed by atoms with Crippen LogP contribution in [0.5, 0.6) is 0 Å². The van der Waals surface area contributed by atoms with Gasteiger partial charge in [-0.3, -0.25) is 28.8 Å². The summed E-state index contributed by atoms with van der Waals surface area (Å²) in [5.41, 5.74) is -6.82. The molecule has 5 N–H and O–H groups in total. The van der Waals surface area contributed by atoms with E-state index in [-0.39, 0.29) is 37.5 Å². The van der Waals surface area contributed by atoms with Crippen molar-refractivity contribution < 1.29 is 61.6 Å². The summed E-state index contributed by atoms with van der Waals surface area (Å²) in [6, 6.07) is -3.14. The first-order valence-corrected chi connectivity index (χ1v) is 22.0. The second kappa shape index (κ2) is 18.9. The predicted molar refractivity (Wildman–Crippen MR) is 219 cm³/mol. The summed E-state index contributed by atoms with van der Waals surface area (Å²) in [6.07, 6.45) is 3.83. The van der Waals surface area contributed by atoms with Gasteiger partial charge in [0.1, 0.15) is 50.3 Å². The smallest absolute Gasteiger partial charge is 0.246 e. The topological polar surface area (TPSA) is 208 Å². The highest BCUT2D eigenvalue weighted by Gasteiger charge is 2.80. The van der Waals surface area contributed by atoms with Crippen LogP contribution >= 0.6 is 0 Å². The first kappa shape index (κ1) is 47.4. The Hall–Kier alpha value is -4.08. The number of rotatable bonds is 16. The van der Waals surface area contributed by atoms with Crippen LogP contribution in [0.25, 0.3) is 0 Å². The van der Waals surface area contributed by atoms with E-state index in [1.54, 1.807) is 6.92 Å². The van der Waals surface area contributed by atoms with Crippen molar-refractivity contribution in [2.24, 2.45) is 22.7 Å². The van der Waals surface area contributed by atoms with Gasteiger partial charge in [-0.05, 0) is 96.3 Å². The number of carbonyl (C=O) groups is 6. The lowest BCUT2D eigenvalue weighted by Crippen LogP contribution is -2.71. The van der Waals surface area contributed by atoms with E-state index in [1.165, 1.54) is 39.8 Å². The highest BCUT2D eigenvalue weighted by atomic mass is 19.1. The van der Waals surface area contributed by atoms with Crippen LogP contribution in [0.1, 0.15) is 106 Å². The van der Waals surface area contributed by atoms with E-state index in [0.29, 0.717) is 12.8 Å². The fraction of sp³-hybridized carbons (Fsp3) is 0.733. The maximum Gasteiger partial charge on any atom is 0.246 e. The van der Waals surface area contributed by atoms with Crippen molar-refractivity contribution in [2.45, 2.75) is 166 Å². The molecule has 6 aliphatic rings. The Labute approximate surface area is 361 Å². The number of ether oxygens (including phenoxy) is 4. The van der Waals surface area contributed by atoms with Crippen LogP contribution in [0.4, 0.5) is 8.78 Å². The second-order valence-electron chi connectivity index (χ2n) is 18.2. The monoisotopic (exact) mass is 872 g/mol. The van der Waals surface area contributed by atoms with Gasteiger partial charge in [0.15, 0.2) is 29.1 Å². The molecule has 1 heterocycles. The third-order valence-electron chi connectivity index (χ3n) is 14.2. The molecule has 15 nitrogen and oxygen atoms in total. The zero-order valence-corrected chi connectivity index (χ0v) is 36.5. The van der Waals surface area contributed by atoms with E-state index in [0.717, 1.165) is 38.2 Å². The van der Waals surface area contributed by atoms with Gasteiger partial charge >= 0.3 is 0 Å². The number of hydrogen-bond acceptors (Lipinski definition) is 11. The molecule has 0 spiro atoms. The lowest BCUT2D eigenvalue weighted by atomic mass is 9.44. The third kappa shape index (κ3) is 8.74. The van der Waals surface area contributed by atoms with Crippen LogP contribution in [0, 0.1) is 34.5 Å². The quantitative estimate of drug-likeness (QED) is 0.0866. The van der Waals surface area contributed by atoms with Crippen LogP contribution < -0.4 is 21.3 Å². The summed E-state index contributed by atoms with van der Waals surface area (Å²) >= 11 is 0. The molecule has 5 aliphatic carbocycles. The molecule has 1 saturated heterocycles. The fourth-order valence-electron chi connectivity index (χ4n) is 10.8. The van der Waals surface area contributed by atoms with Gasteiger partial charge in [-0.15, -0.1) is 5.92 Å². The SMILES string of the molecule is CCCC1O[C@@H]2C[C@H]3[C@@H]4C[C@H](F)C5=CC(=O)C=C[C@]5(C)[C@@]4(F)[C@@H](O)C[C@]3(C)[C@]2(C(=O)COCNC(=O)[C@H](C)NC(=O)[C@@H](C)NC(=O)[C@H](C)NC(=O)COC2C#CCCCCC2)O1. The number of alkyl halides is 2. The summed E-state index contributed by atoms with van der Waals surface area (Å²) < 4.78 is 57.9. The van der Waals surface area contributed by atoms with E-state index < -0.39 is 125 Å². The van der Waals surface area contributed by atoms with Crippen LogP contribution in [0.15, 0.2) is 23.8 Å². The normalized spacial score (nSPS) is 37.2. The molecule has 4 amide bonds. The number of amides is 4. The Balaban J connectivity index is 1.01. The summed E-state index contributed by atoms with van der Waals surface area (Å²) in [7, 11) is 0. The van der Waals surface area contributed by atoms with Gasteiger partial charge in [0.05, 0.1) is 12.2 Å². The van der Waals surface area contributed by atoms with Crippen LogP contribution in [0.3, 0.4) is 0 Å². The molecular weight excluding hydrogens is 811 g/mol. The molecule has 342 valence electrons. The first-order valence-electron chi connectivity index (χ1n) is 22.0. The van der Waals surface area contributed by atoms with Crippen LogP contribution in [-0.2, 0) is 47.7 Å². The van der Waals surface area contributed by atoms with Crippen molar-refractivity contribution in [1.82, 2.24) is 21.3 Å². The Morgan fingerprint density at radius 2 is 1.66 bits per heavy atom. The maximum absolute atomic E-state index is 17.8. The number of hydrogen-bond donors (Lipinski definition) is 5. The average molecular weight is 873 g/mol. The minimum Gasteiger partial charge on any atom is -0.390 e. The number of nitrogens with one attached hydrogen (secondary N) is 4. The molecule has 0 radical (unpaired) electrons. The van der Waals surface area contributed by atoms with E-state index >= 15 is 8.78 Å². The number of ketones is 2. The largest absolute Gasteiger partial charge is 0.390 e. The molecule has 3 saturated carbocycles. The zero-order valence-electron chi connectivity index (χ0n) is 36.5. The molecule has 62 heavy (non-hydrogen) atoms. The van der Waals surface area contributed by atoms with Crippen molar-refractivity contribution in [3.05, 3.63) is 23.8 Å².